The fourth-order valence-electron chi connectivity index (χ4n) is 2.42. The van der Waals surface area contributed by atoms with Crippen molar-refractivity contribution in [2.24, 2.45) is 0 Å². The SMILES string of the molecule is OOCCCCCCCCCCc1ccc(C(F)(F)F)cc1. The number of hydrogen-bond donors (Lipinski definition) is 1. The van der Waals surface area contributed by atoms with Crippen LogP contribution in [-0.4, -0.2) is 11.9 Å². The van der Waals surface area contributed by atoms with Gasteiger partial charge in [0.2, 0.25) is 0 Å². The van der Waals surface area contributed by atoms with Crippen molar-refractivity contribution in [3.63, 3.8) is 0 Å². The highest BCUT2D eigenvalue weighted by atomic mass is 19.4. The minimum absolute atomic E-state index is 0.410. The van der Waals surface area contributed by atoms with Gasteiger partial charge in [0.1, 0.15) is 0 Å². The van der Waals surface area contributed by atoms with Gasteiger partial charge >= 0.3 is 6.18 Å². The number of alkyl halides is 3. The van der Waals surface area contributed by atoms with Crippen LogP contribution in [-0.2, 0) is 17.5 Å². The lowest BCUT2D eigenvalue weighted by molar-refractivity contribution is -0.242. The molecule has 0 fully saturated rings. The molecule has 0 radical (unpaired) electrons. The molecule has 5 heteroatoms. The van der Waals surface area contributed by atoms with E-state index in [0.717, 1.165) is 62.6 Å². The predicted octanol–water partition coefficient (Wildman–Crippen LogP) is 5.86. The van der Waals surface area contributed by atoms with E-state index in [1.807, 2.05) is 0 Å². The molecule has 0 unspecified atom stereocenters. The van der Waals surface area contributed by atoms with Gasteiger partial charge in [0.25, 0.3) is 0 Å². The molecule has 126 valence electrons. The summed E-state index contributed by atoms with van der Waals surface area (Å²) in [5, 5.41) is 8.16. The number of rotatable bonds is 11. The molecule has 0 aromatic heterocycles. The quantitative estimate of drug-likeness (QED) is 0.315. The van der Waals surface area contributed by atoms with Gasteiger partial charge in [-0.3, -0.25) is 5.26 Å². The number of aryl methyl sites for hydroxylation is 1. The Morgan fingerprint density at radius 2 is 1.27 bits per heavy atom. The largest absolute Gasteiger partial charge is 0.416 e. The van der Waals surface area contributed by atoms with Crippen LogP contribution < -0.4 is 0 Å². The van der Waals surface area contributed by atoms with Crippen LogP contribution >= 0.6 is 0 Å². The lowest BCUT2D eigenvalue weighted by atomic mass is 10.0. The molecule has 2 nitrogen and oxygen atoms in total. The fraction of sp³-hybridized carbons (Fsp3) is 0.647. The van der Waals surface area contributed by atoms with Crippen molar-refractivity contribution in [1.29, 1.82) is 0 Å². The third-order valence-electron chi connectivity index (χ3n) is 3.73. The van der Waals surface area contributed by atoms with Gasteiger partial charge in [0, 0.05) is 0 Å². The van der Waals surface area contributed by atoms with Gasteiger partial charge in [-0.2, -0.15) is 13.2 Å². The van der Waals surface area contributed by atoms with Crippen LogP contribution in [0, 0.1) is 0 Å². The zero-order valence-electron chi connectivity index (χ0n) is 12.9. The summed E-state index contributed by atoms with van der Waals surface area (Å²) in [5.41, 5.74) is 0.389. The van der Waals surface area contributed by atoms with Crippen LogP contribution in [0.5, 0.6) is 0 Å². The Balaban J connectivity index is 2.03. The van der Waals surface area contributed by atoms with E-state index in [1.165, 1.54) is 12.8 Å². The molecule has 0 saturated heterocycles. The zero-order valence-corrected chi connectivity index (χ0v) is 12.9. The minimum atomic E-state index is -4.25. The molecule has 22 heavy (non-hydrogen) atoms. The summed E-state index contributed by atoms with van der Waals surface area (Å²) in [6, 6.07) is 5.47. The van der Waals surface area contributed by atoms with E-state index in [0.29, 0.717) is 6.61 Å². The summed E-state index contributed by atoms with van der Waals surface area (Å²) in [4.78, 5) is 4.01. The van der Waals surface area contributed by atoms with Crippen molar-refractivity contribution in [3.8, 4) is 0 Å². The van der Waals surface area contributed by atoms with Crippen LogP contribution in [0.3, 0.4) is 0 Å². The van der Waals surface area contributed by atoms with Crippen LogP contribution in [0.25, 0.3) is 0 Å². The van der Waals surface area contributed by atoms with Gasteiger partial charge in [-0.25, -0.2) is 4.89 Å². The van der Waals surface area contributed by atoms with Crippen molar-refractivity contribution in [1.82, 2.24) is 0 Å². The molecule has 0 heterocycles. The molecule has 0 aliphatic carbocycles. The first kappa shape index (κ1) is 19.0. The van der Waals surface area contributed by atoms with Gasteiger partial charge in [0.15, 0.2) is 0 Å². The molecular formula is C17H25F3O2. The molecule has 0 spiro atoms. The Hall–Kier alpha value is -1.07. The monoisotopic (exact) mass is 318 g/mol. The highest BCUT2D eigenvalue weighted by Gasteiger charge is 2.29. The molecule has 1 aromatic carbocycles. The first-order valence-electron chi connectivity index (χ1n) is 7.96. The first-order valence-corrected chi connectivity index (χ1v) is 7.96. The molecule has 0 aliphatic heterocycles. The zero-order chi connectivity index (χ0) is 16.3. The predicted molar refractivity (Wildman–Crippen MR) is 80.7 cm³/mol. The highest BCUT2D eigenvalue weighted by Crippen LogP contribution is 2.29. The van der Waals surface area contributed by atoms with Crippen molar-refractivity contribution in [2.45, 2.75) is 64.0 Å². The standard InChI is InChI=1S/C17H25F3O2/c18-17(19,20)16-12-10-15(11-13-16)9-7-5-3-1-2-4-6-8-14-22-21/h10-13,21H,1-9,14H2. The first-order chi connectivity index (χ1) is 10.5. The Bertz CT molecular complexity index is 388. The molecule has 1 aromatic rings. The van der Waals surface area contributed by atoms with Crippen LogP contribution in [0.15, 0.2) is 24.3 Å². The molecule has 0 bridgehead atoms. The number of halogens is 3. The number of hydrogen-bond acceptors (Lipinski definition) is 2. The Labute approximate surface area is 130 Å². The minimum Gasteiger partial charge on any atom is -0.252 e. The maximum absolute atomic E-state index is 12.4. The summed E-state index contributed by atoms with van der Waals surface area (Å²) >= 11 is 0. The second-order valence-corrected chi connectivity index (χ2v) is 5.61. The summed E-state index contributed by atoms with van der Waals surface area (Å²) < 4.78 is 37.3. The van der Waals surface area contributed by atoms with E-state index < -0.39 is 11.7 Å². The number of benzene rings is 1. The van der Waals surface area contributed by atoms with Crippen molar-refractivity contribution >= 4 is 0 Å². The molecular weight excluding hydrogens is 293 g/mol. The fourth-order valence-corrected chi connectivity index (χ4v) is 2.42. The molecule has 0 saturated carbocycles. The van der Waals surface area contributed by atoms with Gasteiger partial charge < -0.3 is 0 Å². The molecule has 0 atom stereocenters. The van der Waals surface area contributed by atoms with Gasteiger partial charge in [-0.05, 0) is 37.0 Å². The van der Waals surface area contributed by atoms with Crippen molar-refractivity contribution in [3.05, 3.63) is 35.4 Å². The van der Waals surface area contributed by atoms with Crippen molar-refractivity contribution in [2.75, 3.05) is 6.61 Å². The molecule has 0 amide bonds. The average Bonchev–Trinajstić information content (AvgIpc) is 2.49. The van der Waals surface area contributed by atoms with E-state index >= 15 is 0 Å². The maximum Gasteiger partial charge on any atom is 0.416 e. The molecule has 1 rings (SSSR count). The average molecular weight is 318 g/mol. The van der Waals surface area contributed by atoms with Gasteiger partial charge in [0.05, 0.1) is 12.2 Å². The smallest absolute Gasteiger partial charge is 0.252 e. The van der Waals surface area contributed by atoms with Crippen LogP contribution in [0.2, 0.25) is 0 Å². The number of unbranched alkanes of at least 4 members (excludes halogenated alkanes) is 7. The lowest BCUT2D eigenvalue weighted by Crippen LogP contribution is -2.04. The maximum atomic E-state index is 12.4. The molecule has 0 aliphatic rings. The summed E-state index contributed by atoms with van der Waals surface area (Å²) in [6.07, 6.45) is 5.38. The van der Waals surface area contributed by atoms with Crippen LogP contribution in [0.4, 0.5) is 13.2 Å². The third kappa shape index (κ3) is 8.39. The van der Waals surface area contributed by atoms with Gasteiger partial charge in [-0.15, -0.1) is 0 Å². The highest BCUT2D eigenvalue weighted by molar-refractivity contribution is 5.24. The third-order valence-corrected chi connectivity index (χ3v) is 3.73. The molecule has 1 N–H and O–H groups in total. The van der Waals surface area contributed by atoms with Crippen molar-refractivity contribution < 1.29 is 23.3 Å². The van der Waals surface area contributed by atoms with E-state index in [9.17, 15) is 13.2 Å². The van der Waals surface area contributed by atoms with E-state index in [2.05, 4.69) is 4.89 Å². The summed E-state index contributed by atoms with van der Waals surface area (Å²) in [6.45, 7) is 0.410. The summed E-state index contributed by atoms with van der Waals surface area (Å²) in [5.74, 6) is 0. The topological polar surface area (TPSA) is 29.5 Å². The van der Waals surface area contributed by atoms with Crippen LogP contribution in [0.1, 0.15) is 62.5 Å². The van der Waals surface area contributed by atoms with E-state index in [-0.39, 0.29) is 0 Å². The Morgan fingerprint density at radius 3 is 1.77 bits per heavy atom. The van der Waals surface area contributed by atoms with Gasteiger partial charge in [-0.1, -0.05) is 50.7 Å². The Morgan fingerprint density at radius 1 is 0.773 bits per heavy atom. The second-order valence-electron chi connectivity index (χ2n) is 5.61. The summed E-state index contributed by atoms with van der Waals surface area (Å²) in [7, 11) is 0. The Kier molecular flexibility index (Phi) is 9.16. The normalized spacial score (nSPS) is 11.8. The van der Waals surface area contributed by atoms with E-state index in [1.54, 1.807) is 12.1 Å². The lowest BCUT2D eigenvalue weighted by Gasteiger charge is -2.07. The van der Waals surface area contributed by atoms with E-state index in [4.69, 9.17) is 5.26 Å². The second kappa shape index (κ2) is 10.6.